The SMILES string of the molecule is C[C@@H]1[C@@H](NC(=O)c2cc3sc(C4CC4)nc3[nH]2)C[C@H]2C[C@@H]1C2(C)C. The number of nitrogens with one attached hydrogen (secondary N) is 2. The number of amides is 1. The Kier molecular flexibility index (Phi) is 3.01. The average molecular weight is 343 g/mol. The van der Waals surface area contributed by atoms with Gasteiger partial charge in [0.2, 0.25) is 0 Å². The standard InChI is InChI=1S/C19H25N3OS/c1-9-12-6-11(19(12,2)3)7-13(9)21-17(23)14-8-15-16(20-14)22-18(24-15)10-4-5-10/h8-13,20H,4-7H2,1-3H3,(H,21,23)/t9-,11+,12-,13-/m0/s1. The molecule has 4 aliphatic rings. The molecule has 0 radical (unpaired) electrons. The van der Waals surface area contributed by atoms with Crippen molar-refractivity contribution in [1.82, 2.24) is 15.3 Å². The van der Waals surface area contributed by atoms with Gasteiger partial charge < -0.3 is 10.3 Å². The molecule has 2 bridgehead atoms. The van der Waals surface area contributed by atoms with E-state index in [1.54, 1.807) is 11.3 Å². The maximum atomic E-state index is 12.7. The molecule has 24 heavy (non-hydrogen) atoms. The molecule has 2 N–H and O–H groups in total. The zero-order valence-electron chi connectivity index (χ0n) is 14.6. The van der Waals surface area contributed by atoms with Gasteiger partial charge in [0.1, 0.15) is 11.3 Å². The van der Waals surface area contributed by atoms with Gasteiger partial charge in [0.25, 0.3) is 5.91 Å². The van der Waals surface area contributed by atoms with Crippen LogP contribution in [0.25, 0.3) is 10.3 Å². The Balaban J connectivity index is 1.31. The van der Waals surface area contributed by atoms with Gasteiger partial charge in [0.05, 0.1) is 9.71 Å². The van der Waals surface area contributed by atoms with Crippen molar-refractivity contribution >= 4 is 27.6 Å². The van der Waals surface area contributed by atoms with Gasteiger partial charge in [-0.2, -0.15) is 0 Å². The third kappa shape index (κ3) is 2.10. The van der Waals surface area contributed by atoms with Crippen LogP contribution in [0.2, 0.25) is 0 Å². The molecule has 0 saturated heterocycles. The van der Waals surface area contributed by atoms with Crippen LogP contribution in [-0.4, -0.2) is 21.9 Å². The van der Waals surface area contributed by atoms with E-state index in [1.165, 1.54) is 24.3 Å². The van der Waals surface area contributed by atoms with Gasteiger partial charge >= 0.3 is 0 Å². The summed E-state index contributed by atoms with van der Waals surface area (Å²) in [6.07, 6.45) is 4.99. The number of hydrogen-bond acceptors (Lipinski definition) is 3. The summed E-state index contributed by atoms with van der Waals surface area (Å²) in [5, 5.41) is 4.52. The molecule has 5 heteroatoms. The number of nitrogens with zero attached hydrogens (tertiary/aromatic N) is 1. The van der Waals surface area contributed by atoms with Crippen LogP contribution in [0, 0.1) is 23.2 Å². The maximum Gasteiger partial charge on any atom is 0.268 e. The monoisotopic (exact) mass is 343 g/mol. The summed E-state index contributed by atoms with van der Waals surface area (Å²) in [6.45, 7) is 7.09. The summed E-state index contributed by atoms with van der Waals surface area (Å²) < 4.78 is 1.11. The van der Waals surface area contributed by atoms with Crippen molar-refractivity contribution in [3.63, 3.8) is 0 Å². The molecule has 128 valence electrons. The minimum absolute atomic E-state index is 0.0316. The summed E-state index contributed by atoms with van der Waals surface area (Å²) >= 11 is 1.74. The molecule has 1 amide bonds. The highest BCUT2D eigenvalue weighted by atomic mass is 32.1. The number of rotatable bonds is 3. The van der Waals surface area contributed by atoms with Gasteiger partial charge in [-0.05, 0) is 54.9 Å². The van der Waals surface area contributed by atoms with Crippen molar-refractivity contribution in [2.75, 3.05) is 0 Å². The molecule has 4 atom stereocenters. The van der Waals surface area contributed by atoms with Crippen LogP contribution in [0.15, 0.2) is 6.07 Å². The van der Waals surface area contributed by atoms with Gasteiger partial charge in [0.15, 0.2) is 0 Å². The number of carbonyl (C=O) groups is 1. The summed E-state index contributed by atoms with van der Waals surface area (Å²) in [5.74, 6) is 2.77. The zero-order valence-corrected chi connectivity index (χ0v) is 15.4. The van der Waals surface area contributed by atoms with E-state index in [2.05, 4.69) is 36.1 Å². The zero-order chi connectivity index (χ0) is 16.6. The fourth-order valence-corrected chi connectivity index (χ4v) is 6.18. The Bertz CT molecular complexity index is 784. The van der Waals surface area contributed by atoms with E-state index in [1.807, 2.05) is 6.07 Å². The molecular formula is C19H25N3OS. The van der Waals surface area contributed by atoms with Gasteiger partial charge in [-0.3, -0.25) is 4.79 Å². The van der Waals surface area contributed by atoms with E-state index in [4.69, 9.17) is 0 Å². The molecule has 4 saturated carbocycles. The second kappa shape index (κ2) is 4.84. The quantitative estimate of drug-likeness (QED) is 0.873. The molecule has 0 aromatic carbocycles. The largest absolute Gasteiger partial charge is 0.348 e. The number of thiazole rings is 1. The second-order valence-electron chi connectivity index (χ2n) is 8.76. The van der Waals surface area contributed by atoms with Gasteiger partial charge in [0, 0.05) is 12.0 Å². The lowest BCUT2D eigenvalue weighted by molar-refractivity contribution is -0.113. The number of H-pyrrole nitrogens is 1. The summed E-state index contributed by atoms with van der Waals surface area (Å²) in [6, 6.07) is 2.29. The molecular weight excluding hydrogens is 318 g/mol. The third-order valence-electron chi connectivity index (χ3n) is 7.04. The lowest BCUT2D eigenvalue weighted by atomic mass is 9.45. The summed E-state index contributed by atoms with van der Waals surface area (Å²) in [4.78, 5) is 20.6. The van der Waals surface area contributed by atoms with Crippen LogP contribution < -0.4 is 5.32 Å². The van der Waals surface area contributed by atoms with Gasteiger partial charge in [-0.15, -0.1) is 11.3 Å². The first-order valence-corrected chi connectivity index (χ1v) is 10.1. The second-order valence-corrected chi connectivity index (χ2v) is 9.82. The van der Waals surface area contributed by atoms with Gasteiger partial charge in [-0.1, -0.05) is 20.8 Å². The van der Waals surface area contributed by atoms with Crippen molar-refractivity contribution in [2.24, 2.45) is 23.2 Å². The molecule has 0 unspecified atom stereocenters. The molecule has 0 aliphatic heterocycles. The molecule has 0 spiro atoms. The normalized spacial score (nSPS) is 34.1. The van der Waals surface area contributed by atoms with Crippen LogP contribution >= 0.6 is 11.3 Å². The van der Waals surface area contributed by atoms with Crippen LogP contribution in [0.1, 0.15) is 67.9 Å². The molecule has 2 aromatic rings. The van der Waals surface area contributed by atoms with E-state index in [-0.39, 0.29) is 5.91 Å². The molecule has 2 heterocycles. The van der Waals surface area contributed by atoms with Crippen LogP contribution in [0.5, 0.6) is 0 Å². The predicted octanol–water partition coefficient (Wildman–Crippen LogP) is 4.30. The van der Waals surface area contributed by atoms with E-state index in [0.717, 1.165) is 28.6 Å². The van der Waals surface area contributed by atoms with Crippen molar-refractivity contribution in [3.05, 3.63) is 16.8 Å². The Morgan fingerprint density at radius 3 is 2.79 bits per heavy atom. The minimum atomic E-state index is 0.0316. The van der Waals surface area contributed by atoms with Crippen molar-refractivity contribution in [2.45, 2.75) is 58.4 Å². The lowest BCUT2D eigenvalue weighted by Gasteiger charge is -2.62. The average Bonchev–Trinajstić information content (AvgIpc) is 3.18. The lowest BCUT2D eigenvalue weighted by Crippen LogP contribution is -2.60. The van der Waals surface area contributed by atoms with E-state index < -0.39 is 0 Å². The Hall–Kier alpha value is -1.36. The number of aromatic nitrogens is 2. The molecule has 4 aliphatic carbocycles. The van der Waals surface area contributed by atoms with E-state index in [0.29, 0.717) is 29.0 Å². The maximum absolute atomic E-state index is 12.7. The topological polar surface area (TPSA) is 57.8 Å². The third-order valence-corrected chi connectivity index (χ3v) is 8.21. The van der Waals surface area contributed by atoms with Crippen molar-refractivity contribution in [1.29, 1.82) is 0 Å². The van der Waals surface area contributed by atoms with Crippen LogP contribution in [-0.2, 0) is 0 Å². The number of carbonyl (C=O) groups excluding carboxylic acids is 1. The molecule has 6 rings (SSSR count). The molecule has 4 fully saturated rings. The minimum Gasteiger partial charge on any atom is -0.348 e. The van der Waals surface area contributed by atoms with Gasteiger partial charge in [-0.25, -0.2) is 4.98 Å². The predicted molar refractivity (Wildman–Crippen MR) is 96.4 cm³/mol. The Morgan fingerprint density at radius 2 is 2.17 bits per heavy atom. The highest BCUT2D eigenvalue weighted by molar-refractivity contribution is 7.18. The van der Waals surface area contributed by atoms with Crippen molar-refractivity contribution in [3.8, 4) is 0 Å². The Morgan fingerprint density at radius 1 is 1.38 bits per heavy atom. The highest BCUT2D eigenvalue weighted by Crippen LogP contribution is 2.61. The van der Waals surface area contributed by atoms with Crippen LogP contribution in [0.3, 0.4) is 0 Å². The summed E-state index contributed by atoms with van der Waals surface area (Å²) in [7, 11) is 0. The summed E-state index contributed by atoms with van der Waals surface area (Å²) in [5.41, 5.74) is 2.00. The number of hydrogen-bond donors (Lipinski definition) is 2. The fraction of sp³-hybridized carbons (Fsp3) is 0.684. The number of aromatic amines is 1. The first kappa shape index (κ1) is 14.9. The first-order valence-electron chi connectivity index (χ1n) is 9.24. The smallest absolute Gasteiger partial charge is 0.268 e. The van der Waals surface area contributed by atoms with E-state index >= 15 is 0 Å². The molecule has 4 nitrogen and oxygen atoms in total. The fourth-order valence-electron chi connectivity index (χ4n) is 5.04. The Labute approximate surface area is 146 Å². The molecule has 2 aromatic heterocycles. The first-order chi connectivity index (χ1) is 11.4. The highest BCUT2D eigenvalue weighted by Gasteiger charge is 2.56. The van der Waals surface area contributed by atoms with E-state index in [9.17, 15) is 4.79 Å². The van der Waals surface area contributed by atoms with Crippen LogP contribution in [0.4, 0.5) is 0 Å². The van der Waals surface area contributed by atoms with Crippen molar-refractivity contribution < 1.29 is 4.79 Å². The number of fused-ring (bicyclic) bond motifs is 3.